The van der Waals surface area contributed by atoms with Crippen LogP contribution in [0.15, 0.2) is 18.3 Å². The van der Waals surface area contributed by atoms with Gasteiger partial charge < -0.3 is 15.6 Å². The van der Waals surface area contributed by atoms with Gasteiger partial charge in [0.05, 0.1) is 19.0 Å². The Labute approximate surface area is 83.0 Å². The van der Waals surface area contributed by atoms with E-state index >= 15 is 0 Å². The Morgan fingerprint density at radius 1 is 1.64 bits per heavy atom. The van der Waals surface area contributed by atoms with Crippen LogP contribution in [0.3, 0.4) is 0 Å². The van der Waals surface area contributed by atoms with E-state index < -0.39 is 0 Å². The Bertz CT molecular complexity index is 324. The lowest BCUT2D eigenvalue weighted by Crippen LogP contribution is -1.94. The summed E-state index contributed by atoms with van der Waals surface area (Å²) < 4.78 is 5.05. The van der Waals surface area contributed by atoms with E-state index in [0.29, 0.717) is 18.0 Å². The third kappa shape index (κ3) is 2.74. The quantitative estimate of drug-likeness (QED) is 0.752. The molecule has 0 aliphatic heterocycles. The van der Waals surface area contributed by atoms with Crippen LogP contribution in [0, 0.1) is 0 Å². The number of nitrogen functional groups attached to an aromatic ring is 1. The molecule has 1 aromatic heterocycles. The summed E-state index contributed by atoms with van der Waals surface area (Å²) >= 11 is 0. The van der Waals surface area contributed by atoms with Crippen molar-refractivity contribution in [2.75, 3.05) is 19.5 Å². The van der Waals surface area contributed by atoms with Crippen LogP contribution < -0.4 is 10.5 Å². The van der Waals surface area contributed by atoms with Crippen LogP contribution in [0.25, 0.3) is 6.08 Å². The summed E-state index contributed by atoms with van der Waals surface area (Å²) in [6, 6.07) is 1.78. The topological polar surface area (TPSA) is 68.4 Å². The van der Waals surface area contributed by atoms with Crippen molar-refractivity contribution in [3.8, 4) is 5.88 Å². The van der Waals surface area contributed by atoms with E-state index in [1.807, 2.05) is 12.2 Å². The van der Waals surface area contributed by atoms with Gasteiger partial charge in [0, 0.05) is 12.2 Å². The van der Waals surface area contributed by atoms with Crippen LogP contribution in [-0.2, 0) is 0 Å². The molecule has 14 heavy (non-hydrogen) atoms. The van der Waals surface area contributed by atoms with Crippen molar-refractivity contribution in [1.82, 2.24) is 4.98 Å². The second-order valence-corrected chi connectivity index (χ2v) is 2.78. The molecule has 0 amide bonds. The van der Waals surface area contributed by atoms with E-state index in [0.717, 1.165) is 5.56 Å². The molecule has 0 aliphatic carbocycles. The van der Waals surface area contributed by atoms with Crippen molar-refractivity contribution >= 4 is 11.8 Å². The van der Waals surface area contributed by atoms with Gasteiger partial charge in [-0.15, -0.1) is 0 Å². The second kappa shape index (κ2) is 5.24. The highest BCUT2D eigenvalue weighted by Crippen LogP contribution is 2.18. The fourth-order valence-corrected chi connectivity index (χ4v) is 1.06. The molecule has 0 unspecified atom stereocenters. The first-order valence-corrected chi connectivity index (χ1v) is 4.35. The van der Waals surface area contributed by atoms with Crippen molar-refractivity contribution in [3.05, 3.63) is 23.9 Å². The fourth-order valence-electron chi connectivity index (χ4n) is 1.06. The zero-order valence-electron chi connectivity index (χ0n) is 8.10. The zero-order chi connectivity index (χ0) is 10.4. The van der Waals surface area contributed by atoms with Gasteiger partial charge in [-0.25, -0.2) is 4.98 Å². The Morgan fingerprint density at radius 2 is 2.43 bits per heavy atom. The number of pyridine rings is 1. The molecule has 1 rings (SSSR count). The molecule has 4 heteroatoms. The lowest BCUT2D eigenvalue weighted by atomic mass is 10.2. The molecular weight excluding hydrogens is 180 g/mol. The summed E-state index contributed by atoms with van der Waals surface area (Å²) in [5.74, 6) is 0.536. The molecule has 3 N–H and O–H groups in total. The van der Waals surface area contributed by atoms with E-state index in [2.05, 4.69) is 4.98 Å². The third-order valence-electron chi connectivity index (χ3n) is 1.69. The molecule has 1 heterocycles. The molecule has 1 aromatic rings. The summed E-state index contributed by atoms with van der Waals surface area (Å²) in [5.41, 5.74) is 7.00. The molecule has 0 fully saturated rings. The van der Waals surface area contributed by atoms with Gasteiger partial charge >= 0.3 is 0 Å². The molecular formula is C10H14N2O2. The number of hydrogen-bond acceptors (Lipinski definition) is 4. The number of aliphatic hydroxyl groups is 1. The molecule has 0 bridgehead atoms. The minimum atomic E-state index is 0.133. The molecule has 0 atom stereocenters. The van der Waals surface area contributed by atoms with Gasteiger partial charge in [-0.05, 0) is 12.5 Å². The number of hydrogen-bond donors (Lipinski definition) is 2. The van der Waals surface area contributed by atoms with Gasteiger partial charge in [-0.2, -0.15) is 0 Å². The summed E-state index contributed by atoms with van der Waals surface area (Å²) in [6.07, 6.45) is 5.83. The van der Waals surface area contributed by atoms with Gasteiger partial charge in [0.15, 0.2) is 0 Å². The number of aliphatic hydroxyl groups excluding tert-OH is 1. The first-order valence-electron chi connectivity index (χ1n) is 4.35. The lowest BCUT2D eigenvalue weighted by Gasteiger charge is -2.03. The van der Waals surface area contributed by atoms with Crippen LogP contribution in [0.4, 0.5) is 5.69 Å². The second-order valence-electron chi connectivity index (χ2n) is 2.78. The van der Waals surface area contributed by atoms with Crippen LogP contribution in [0.1, 0.15) is 12.0 Å². The number of aromatic nitrogens is 1. The summed E-state index contributed by atoms with van der Waals surface area (Å²) in [5, 5.41) is 8.60. The average molecular weight is 194 g/mol. The number of rotatable bonds is 4. The maximum absolute atomic E-state index is 8.60. The Morgan fingerprint density at radius 3 is 3.07 bits per heavy atom. The fraction of sp³-hybridized carbons (Fsp3) is 0.300. The highest BCUT2D eigenvalue weighted by Gasteiger charge is 2.00. The highest BCUT2D eigenvalue weighted by atomic mass is 16.5. The Balaban J connectivity index is 2.87. The summed E-state index contributed by atoms with van der Waals surface area (Å²) in [6.45, 7) is 0.133. The van der Waals surface area contributed by atoms with Crippen molar-refractivity contribution in [2.24, 2.45) is 0 Å². The van der Waals surface area contributed by atoms with E-state index in [1.54, 1.807) is 19.4 Å². The normalized spacial score (nSPS) is 10.7. The van der Waals surface area contributed by atoms with Gasteiger partial charge in [-0.1, -0.05) is 12.2 Å². The third-order valence-corrected chi connectivity index (χ3v) is 1.69. The molecule has 4 nitrogen and oxygen atoms in total. The Kier molecular flexibility index (Phi) is 3.94. The predicted molar refractivity (Wildman–Crippen MR) is 55.9 cm³/mol. The summed E-state index contributed by atoms with van der Waals surface area (Å²) in [4.78, 5) is 4.01. The smallest absolute Gasteiger partial charge is 0.220 e. The molecule has 76 valence electrons. The maximum atomic E-state index is 8.60. The highest BCUT2D eigenvalue weighted by molar-refractivity contribution is 5.59. The first kappa shape index (κ1) is 10.5. The van der Waals surface area contributed by atoms with Crippen LogP contribution in [0.2, 0.25) is 0 Å². The van der Waals surface area contributed by atoms with Crippen molar-refractivity contribution < 1.29 is 9.84 Å². The number of methoxy groups -OCH3 is 1. The van der Waals surface area contributed by atoms with Crippen molar-refractivity contribution in [2.45, 2.75) is 6.42 Å². The molecule has 0 spiro atoms. The predicted octanol–water partition coefficient (Wildman–Crippen LogP) is 1.07. The Hall–Kier alpha value is -1.55. The van der Waals surface area contributed by atoms with Gasteiger partial charge in [0.1, 0.15) is 0 Å². The minimum Gasteiger partial charge on any atom is -0.481 e. The number of nitrogens with zero attached hydrogens (tertiary/aromatic N) is 1. The van der Waals surface area contributed by atoms with Gasteiger partial charge in [-0.3, -0.25) is 0 Å². The number of nitrogens with two attached hydrogens (primary N) is 1. The number of ether oxygens (including phenoxy) is 1. The van der Waals surface area contributed by atoms with Gasteiger partial charge in [0.25, 0.3) is 0 Å². The van der Waals surface area contributed by atoms with E-state index in [-0.39, 0.29) is 6.61 Å². The first-order chi connectivity index (χ1) is 6.77. The zero-order valence-corrected chi connectivity index (χ0v) is 8.10. The van der Waals surface area contributed by atoms with Crippen LogP contribution in [-0.4, -0.2) is 23.8 Å². The molecule has 0 saturated heterocycles. The van der Waals surface area contributed by atoms with Crippen LogP contribution >= 0.6 is 0 Å². The summed E-state index contributed by atoms with van der Waals surface area (Å²) in [7, 11) is 1.56. The van der Waals surface area contributed by atoms with Crippen molar-refractivity contribution in [3.63, 3.8) is 0 Å². The van der Waals surface area contributed by atoms with E-state index in [4.69, 9.17) is 15.6 Å². The van der Waals surface area contributed by atoms with Gasteiger partial charge in [0.2, 0.25) is 5.88 Å². The molecule has 0 saturated carbocycles. The monoisotopic (exact) mass is 194 g/mol. The molecule has 0 radical (unpaired) electrons. The minimum absolute atomic E-state index is 0.133. The molecule has 0 aromatic carbocycles. The van der Waals surface area contributed by atoms with Crippen LogP contribution in [0.5, 0.6) is 5.88 Å². The largest absolute Gasteiger partial charge is 0.481 e. The molecule has 0 aliphatic rings. The number of anilines is 1. The van der Waals surface area contributed by atoms with E-state index in [1.165, 1.54) is 0 Å². The SMILES string of the molecule is COc1ncc(N)cc1C=CCCO. The average Bonchev–Trinajstić information content (AvgIpc) is 2.19. The van der Waals surface area contributed by atoms with Crippen molar-refractivity contribution in [1.29, 1.82) is 0 Å². The standard InChI is InChI=1S/C10H14N2O2/c1-14-10-8(4-2-3-5-13)6-9(11)7-12-10/h2,4,6-7,13H,3,5,11H2,1H3. The van der Waals surface area contributed by atoms with E-state index in [9.17, 15) is 0 Å². The lowest BCUT2D eigenvalue weighted by molar-refractivity contribution is 0.303. The maximum Gasteiger partial charge on any atom is 0.220 e.